The summed E-state index contributed by atoms with van der Waals surface area (Å²) >= 11 is 0. The van der Waals surface area contributed by atoms with Gasteiger partial charge in [0.2, 0.25) is 11.8 Å². The van der Waals surface area contributed by atoms with Crippen molar-refractivity contribution in [3.05, 3.63) is 56.2 Å². The Morgan fingerprint density at radius 3 is 2.29 bits per heavy atom. The second kappa shape index (κ2) is 6.99. The average Bonchev–Trinajstić information content (AvgIpc) is 3.10. The molecular weight excluding hydrogens is 362 g/mol. The van der Waals surface area contributed by atoms with Crippen molar-refractivity contribution in [3.8, 4) is 5.88 Å². The first-order valence-corrected chi connectivity index (χ1v) is 8.77. The third kappa shape index (κ3) is 3.08. The first-order valence-electron chi connectivity index (χ1n) is 8.77. The number of aromatic hydroxyl groups is 1. The number of nitrogens with zero attached hydrogens (tertiary/aromatic N) is 5. The van der Waals surface area contributed by atoms with Crippen LogP contribution < -0.4 is 16.1 Å². The van der Waals surface area contributed by atoms with E-state index in [0.717, 1.165) is 20.4 Å². The predicted octanol–water partition coefficient (Wildman–Crippen LogP) is 0.553. The van der Waals surface area contributed by atoms with Gasteiger partial charge in [0.15, 0.2) is 0 Å². The summed E-state index contributed by atoms with van der Waals surface area (Å²) < 4.78 is 1.89. The highest BCUT2D eigenvalue weighted by Crippen LogP contribution is 2.34. The molecule has 9 heteroatoms. The van der Waals surface area contributed by atoms with Gasteiger partial charge >= 0.3 is 5.69 Å². The maximum absolute atomic E-state index is 12.6. The molecule has 28 heavy (non-hydrogen) atoms. The zero-order valence-corrected chi connectivity index (χ0v) is 16.5. The first-order chi connectivity index (χ1) is 13.1. The number of rotatable bonds is 3. The zero-order chi connectivity index (χ0) is 20.7. The molecule has 148 valence electrons. The van der Waals surface area contributed by atoms with Crippen molar-refractivity contribution in [1.29, 1.82) is 0 Å². The molecule has 1 amide bonds. The highest BCUT2D eigenvalue weighted by Gasteiger charge is 2.34. The summed E-state index contributed by atoms with van der Waals surface area (Å²) in [6.07, 6.45) is 0.252. The highest BCUT2D eigenvalue weighted by molar-refractivity contribution is 6.04. The van der Waals surface area contributed by atoms with E-state index in [0.29, 0.717) is 0 Å². The van der Waals surface area contributed by atoms with E-state index in [-0.39, 0.29) is 23.6 Å². The minimum Gasteiger partial charge on any atom is -0.494 e. The molecule has 0 saturated heterocycles. The van der Waals surface area contributed by atoms with Gasteiger partial charge in [0.05, 0.1) is 11.8 Å². The Labute approximate surface area is 161 Å². The van der Waals surface area contributed by atoms with Crippen molar-refractivity contribution < 1.29 is 9.90 Å². The number of aromatic nitrogens is 2. The van der Waals surface area contributed by atoms with Crippen LogP contribution in [0.3, 0.4) is 0 Å². The minimum absolute atomic E-state index is 0.0664. The van der Waals surface area contributed by atoms with Gasteiger partial charge in [-0.2, -0.15) is 5.10 Å². The average molecular weight is 385 g/mol. The molecule has 1 aliphatic heterocycles. The van der Waals surface area contributed by atoms with E-state index in [2.05, 4.69) is 5.10 Å². The predicted molar refractivity (Wildman–Crippen MR) is 106 cm³/mol. The summed E-state index contributed by atoms with van der Waals surface area (Å²) in [5.74, 6) is -0.739. The Morgan fingerprint density at radius 2 is 1.75 bits per heavy atom. The van der Waals surface area contributed by atoms with Crippen LogP contribution in [0.25, 0.3) is 0 Å². The van der Waals surface area contributed by atoms with E-state index >= 15 is 0 Å². The molecule has 1 N–H and O–H groups in total. The molecule has 0 fully saturated rings. The first kappa shape index (κ1) is 19.4. The van der Waals surface area contributed by atoms with Crippen molar-refractivity contribution in [2.45, 2.75) is 19.4 Å². The second-order valence-electron chi connectivity index (χ2n) is 7.02. The number of carbonyl (C=O) groups is 1. The van der Waals surface area contributed by atoms with Gasteiger partial charge in [-0.1, -0.05) is 12.1 Å². The molecule has 0 bridgehead atoms. The van der Waals surface area contributed by atoms with Gasteiger partial charge in [-0.05, 0) is 17.7 Å². The molecule has 1 unspecified atom stereocenters. The van der Waals surface area contributed by atoms with Gasteiger partial charge in [0.25, 0.3) is 5.56 Å². The van der Waals surface area contributed by atoms with Crippen molar-refractivity contribution in [2.24, 2.45) is 19.2 Å². The zero-order valence-electron chi connectivity index (χ0n) is 16.5. The standard InChI is InChI=1S/C19H23N5O4/c1-11(25)24-15(12-6-8-13(9-7-12)21(2)3)10-14(20-24)16-17(26)22(4)19(28)23(5)18(16)27/h6-9,15,26H,10H2,1-5H3. The summed E-state index contributed by atoms with van der Waals surface area (Å²) in [6, 6.07) is 7.30. The largest absolute Gasteiger partial charge is 0.494 e. The maximum Gasteiger partial charge on any atom is 0.333 e. The number of hydrogen-bond donors (Lipinski definition) is 1. The van der Waals surface area contributed by atoms with E-state index in [1.165, 1.54) is 26.0 Å². The highest BCUT2D eigenvalue weighted by atomic mass is 16.3. The van der Waals surface area contributed by atoms with Crippen molar-refractivity contribution >= 4 is 17.3 Å². The molecule has 0 saturated carbocycles. The number of hydrazone groups is 1. The van der Waals surface area contributed by atoms with Crippen LogP contribution >= 0.6 is 0 Å². The number of hydrogen-bond acceptors (Lipinski definition) is 6. The Hall–Kier alpha value is -3.36. The van der Waals surface area contributed by atoms with Gasteiger partial charge < -0.3 is 10.0 Å². The van der Waals surface area contributed by atoms with Gasteiger partial charge in [-0.25, -0.2) is 9.80 Å². The number of benzene rings is 1. The van der Waals surface area contributed by atoms with Crippen LogP contribution in [-0.2, 0) is 18.9 Å². The fourth-order valence-corrected chi connectivity index (χ4v) is 3.29. The van der Waals surface area contributed by atoms with E-state index in [1.54, 1.807) is 0 Å². The molecule has 1 atom stereocenters. The summed E-state index contributed by atoms with van der Waals surface area (Å²) in [5.41, 5.74) is 0.798. The number of carbonyl (C=O) groups excluding carboxylic acids is 1. The summed E-state index contributed by atoms with van der Waals surface area (Å²) in [5, 5.41) is 16.0. The molecule has 0 aliphatic carbocycles. The Kier molecular flexibility index (Phi) is 4.84. The van der Waals surface area contributed by atoms with Crippen LogP contribution in [0.4, 0.5) is 5.69 Å². The summed E-state index contributed by atoms with van der Waals surface area (Å²) in [4.78, 5) is 38.7. The van der Waals surface area contributed by atoms with Crippen molar-refractivity contribution in [3.63, 3.8) is 0 Å². The van der Waals surface area contributed by atoms with Crippen molar-refractivity contribution in [1.82, 2.24) is 14.1 Å². The third-order valence-electron chi connectivity index (χ3n) is 4.95. The lowest BCUT2D eigenvalue weighted by atomic mass is 9.99. The Bertz CT molecular complexity index is 1080. The van der Waals surface area contributed by atoms with E-state index in [9.17, 15) is 19.5 Å². The molecule has 2 aromatic rings. The molecule has 2 heterocycles. The smallest absolute Gasteiger partial charge is 0.333 e. The van der Waals surface area contributed by atoms with Gasteiger partial charge in [-0.15, -0.1) is 0 Å². The van der Waals surface area contributed by atoms with E-state index in [1.807, 2.05) is 43.3 Å². The van der Waals surface area contributed by atoms with Crippen LogP contribution in [0.5, 0.6) is 5.88 Å². The normalized spacial score (nSPS) is 16.2. The lowest BCUT2D eigenvalue weighted by Crippen LogP contribution is -2.39. The molecule has 0 radical (unpaired) electrons. The molecule has 1 aliphatic rings. The third-order valence-corrected chi connectivity index (χ3v) is 4.95. The SMILES string of the molecule is CC(=O)N1N=C(c2c(O)n(C)c(=O)n(C)c2=O)CC1c1ccc(N(C)C)cc1. The monoisotopic (exact) mass is 385 g/mol. The fourth-order valence-electron chi connectivity index (χ4n) is 3.29. The van der Waals surface area contributed by atoms with Crippen LogP contribution in [0.2, 0.25) is 0 Å². The van der Waals surface area contributed by atoms with Crippen LogP contribution in [0, 0.1) is 0 Å². The molecule has 1 aromatic carbocycles. The van der Waals surface area contributed by atoms with E-state index in [4.69, 9.17) is 0 Å². The summed E-state index contributed by atoms with van der Waals surface area (Å²) in [7, 11) is 6.58. The quantitative estimate of drug-likeness (QED) is 0.832. The number of anilines is 1. The Morgan fingerprint density at radius 1 is 1.14 bits per heavy atom. The second-order valence-corrected chi connectivity index (χ2v) is 7.02. The molecule has 1 aromatic heterocycles. The van der Waals surface area contributed by atoms with Gasteiger partial charge in [0.1, 0.15) is 5.56 Å². The van der Waals surface area contributed by atoms with Gasteiger partial charge in [-0.3, -0.25) is 18.7 Å². The van der Waals surface area contributed by atoms with Crippen LogP contribution in [0.15, 0.2) is 39.0 Å². The molecular formula is C19H23N5O4. The van der Waals surface area contributed by atoms with Crippen LogP contribution in [0.1, 0.15) is 30.5 Å². The topological polar surface area (TPSA) is 100 Å². The molecule has 0 spiro atoms. The minimum atomic E-state index is -0.647. The maximum atomic E-state index is 12.6. The van der Waals surface area contributed by atoms with Gasteiger partial charge in [0, 0.05) is 47.2 Å². The lowest BCUT2D eigenvalue weighted by molar-refractivity contribution is -0.130. The summed E-state index contributed by atoms with van der Waals surface area (Å²) in [6.45, 7) is 1.40. The molecule has 3 rings (SSSR count). The van der Waals surface area contributed by atoms with E-state index < -0.39 is 23.2 Å². The van der Waals surface area contributed by atoms with Crippen LogP contribution in [-0.4, -0.2) is 45.0 Å². The lowest BCUT2D eigenvalue weighted by Gasteiger charge is -2.21. The Balaban J connectivity index is 2.07. The number of amides is 1. The van der Waals surface area contributed by atoms with Crippen molar-refractivity contribution in [2.75, 3.05) is 19.0 Å². The fraction of sp³-hybridized carbons (Fsp3) is 0.368. The molecule has 9 nitrogen and oxygen atoms in total.